The first kappa shape index (κ1) is 13.5. The predicted octanol–water partition coefficient (Wildman–Crippen LogP) is 2.65. The van der Waals surface area contributed by atoms with Crippen molar-refractivity contribution in [2.24, 2.45) is 5.73 Å². The van der Waals surface area contributed by atoms with Gasteiger partial charge in [-0.15, -0.1) is 0 Å². The van der Waals surface area contributed by atoms with Crippen molar-refractivity contribution in [3.8, 4) is 0 Å². The van der Waals surface area contributed by atoms with E-state index in [1.165, 1.54) is 0 Å². The Morgan fingerprint density at radius 1 is 0.786 bits per heavy atom. The van der Waals surface area contributed by atoms with Crippen molar-refractivity contribution in [2.45, 2.75) is 44.1 Å². The minimum atomic E-state index is -5.18. The maximum atomic E-state index is 13.1. The average Bonchev–Trinajstić information content (AvgIpc) is 1.81. The Balaban J connectivity index is 5.30. The molecular formula is C7H11F6N. The van der Waals surface area contributed by atoms with E-state index in [0.717, 1.165) is 0 Å². The quantitative estimate of drug-likeness (QED) is 0.577. The number of alkyl halides is 6. The van der Waals surface area contributed by atoms with Crippen molar-refractivity contribution in [1.29, 1.82) is 0 Å². The fraction of sp³-hybridized carbons (Fsp3) is 1.00. The molecule has 0 fully saturated rings. The summed E-state index contributed by atoms with van der Waals surface area (Å²) >= 11 is 0. The largest absolute Gasteiger partial charge is 0.347 e. The maximum absolute atomic E-state index is 13.1. The zero-order valence-electron chi connectivity index (χ0n) is 7.85. The van der Waals surface area contributed by atoms with Crippen LogP contribution in [0.15, 0.2) is 0 Å². The van der Waals surface area contributed by atoms with Crippen LogP contribution in [0.25, 0.3) is 0 Å². The van der Waals surface area contributed by atoms with Gasteiger partial charge in [0.2, 0.25) is 5.67 Å². The highest BCUT2D eigenvalue weighted by Crippen LogP contribution is 2.48. The third-order valence-corrected chi connectivity index (χ3v) is 2.06. The van der Waals surface area contributed by atoms with E-state index < -0.39 is 23.3 Å². The SMILES string of the molecule is CC(N)(F)C(C)(F)C(F)(F)C(C)(F)F. The van der Waals surface area contributed by atoms with E-state index in [1.54, 1.807) is 0 Å². The van der Waals surface area contributed by atoms with Crippen molar-refractivity contribution in [2.75, 3.05) is 0 Å². The molecule has 0 rings (SSSR count). The Bertz CT molecular complexity index is 187. The average molecular weight is 223 g/mol. The molecule has 0 saturated heterocycles. The Morgan fingerprint density at radius 2 is 1.07 bits per heavy atom. The summed E-state index contributed by atoms with van der Waals surface area (Å²) in [6, 6.07) is 0. The summed E-state index contributed by atoms with van der Waals surface area (Å²) in [6.07, 6.45) is 0. The number of halogens is 6. The molecule has 0 radical (unpaired) electrons. The topological polar surface area (TPSA) is 26.0 Å². The highest BCUT2D eigenvalue weighted by Gasteiger charge is 2.71. The van der Waals surface area contributed by atoms with Gasteiger partial charge in [-0.05, 0) is 13.8 Å². The summed E-state index contributed by atoms with van der Waals surface area (Å²) in [5.74, 6) is -13.4. The Labute approximate surface area is 77.3 Å². The Morgan fingerprint density at radius 3 is 1.14 bits per heavy atom. The van der Waals surface area contributed by atoms with Gasteiger partial charge in [-0.3, -0.25) is 5.73 Å². The first-order chi connectivity index (χ1) is 5.75. The summed E-state index contributed by atoms with van der Waals surface area (Å²) in [7, 11) is 0. The van der Waals surface area contributed by atoms with Gasteiger partial charge < -0.3 is 0 Å². The molecule has 0 heterocycles. The lowest BCUT2D eigenvalue weighted by Gasteiger charge is -2.39. The summed E-state index contributed by atoms with van der Waals surface area (Å²) < 4.78 is 76.1. The van der Waals surface area contributed by atoms with Crippen molar-refractivity contribution in [1.82, 2.24) is 0 Å². The van der Waals surface area contributed by atoms with Crippen LogP contribution in [-0.4, -0.2) is 23.3 Å². The standard InChI is InChI=1S/C7H11F6N/c1-4(8,6(3,11)14)7(12,13)5(2,9)10/h14H2,1-3H3. The van der Waals surface area contributed by atoms with Gasteiger partial charge in [-0.25, -0.2) is 17.6 Å². The molecule has 0 amide bonds. The molecule has 0 aliphatic carbocycles. The molecule has 2 N–H and O–H groups in total. The highest BCUT2D eigenvalue weighted by atomic mass is 19.3. The van der Waals surface area contributed by atoms with Crippen LogP contribution in [-0.2, 0) is 0 Å². The minimum absolute atomic E-state index is 0.00438. The molecule has 0 saturated carbocycles. The molecule has 1 nitrogen and oxygen atoms in total. The van der Waals surface area contributed by atoms with Gasteiger partial charge in [0.05, 0.1) is 0 Å². The summed E-state index contributed by atoms with van der Waals surface area (Å²) in [5, 5.41) is 0. The van der Waals surface area contributed by atoms with E-state index in [9.17, 15) is 26.3 Å². The van der Waals surface area contributed by atoms with E-state index in [2.05, 4.69) is 5.73 Å². The fourth-order valence-corrected chi connectivity index (χ4v) is 0.719. The Hall–Kier alpha value is -0.460. The van der Waals surface area contributed by atoms with Gasteiger partial charge in [-0.2, -0.15) is 8.78 Å². The lowest BCUT2D eigenvalue weighted by molar-refractivity contribution is -0.286. The highest BCUT2D eigenvalue weighted by molar-refractivity contribution is 5.05. The second-order valence-corrected chi connectivity index (χ2v) is 3.54. The van der Waals surface area contributed by atoms with Gasteiger partial charge in [0, 0.05) is 6.92 Å². The number of rotatable bonds is 3. The molecule has 0 bridgehead atoms. The maximum Gasteiger partial charge on any atom is 0.347 e. The van der Waals surface area contributed by atoms with Crippen LogP contribution in [0.2, 0.25) is 0 Å². The monoisotopic (exact) mass is 223 g/mol. The van der Waals surface area contributed by atoms with Crippen molar-refractivity contribution < 1.29 is 26.3 Å². The van der Waals surface area contributed by atoms with Crippen LogP contribution in [0.4, 0.5) is 26.3 Å². The molecule has 0 spiro atoms. The zero-order valence-corrected chi connectivity index (χ0v) is 7.85. The van der Waals surface area contributed by atoms with Gasteiger partial charge in [0.25, 0.3) is 0 Å². The van der Waals surface area contributed by atoms with Gasteiger partial charge in [-0.1, -0.05) is 0 Å². The van der Waals surface area contributed by atoms with Gasteiger partial charge >= 0.3 is 11.8 Å². The summed E-state index contributed by atoms with van der Waals surface area (Å²) in [5.41, 5.74) is 0.287. The molecule has 0 aromatic heterocycles. The van der Waals surface area contributed by atoms with E-state index in [0.29, 0.717) is 0 Å². The molecule has 0 aliphatic rings. The lowest BCUT2D eigenvalue weighted by atomic mass is 9.87. The smallest absolute Gasteiger partial charge is 0.296 e. The molecule has 2 atom stereocenters. The number of hydrogen-bond donors (Lipinski definition) is 1. The van der Waals surface area contributed by atoms with E-state index in [-0.39, 0.29) is 20.8 Å². The van der Waals surface area contributed by atoms with E-state index in [1.807, 2.05) is 0 Å². The van der Waals surface area contributed by atoms with E-state index in [4.69, 9.17) is 0 Å². The van der Waals surface area contributed by atoms with Crippen molar-refractivity contribution in [3.05, 3.63) is 0 Å². The van der Waals surface area contributed by atoms with Crippen LogP contribution in [0.3, 0.4) is 0 Å². The zero-order chi connectivity index (χ0) is 12.0. The number of hydrogen-bond acceptors (Lipinski definition) is 1. The van der Waals surface area contributed by atoms with Crippen LogP contribution in [0.1, 0.15) is 20.8 Å². The van der Waals surface area contributed by atoms with Crippen molar-refractivity contribution in [3.63, 3.8) is 0 Å². The molecule has 86 valence electrons. The van der Waals surface area contributed by atoms with Crippen LogP contribution < -0.4 is 5.73 Å². The first-order valence-corrected chi connectivity index (χ1v) is 3.67. The van der Waals surface area contributed by atoms with Crippen molar-refractivity contribution >= 4 is 0 Å². The second-order valence-electron chi connectivity index (χ2n) is 3.54. The molecule has 7 heteroatoms. The molecule has 0 aromatic carbocycles. The Kier molecular flexibility index (Phi) is 2.91. The molecule has 0 aliphatic heterocycles. The van der Waals surface area contributed by atoms with E-state index >= 15 is 0 Å². The normalized spacial score (nSPS) is 22.7. The van der Waals surface area contributed by atoms with Crippen LogP contribution in [0.5, 0.6) is 0 Å². The van der Waals surface area contributed by atoms with Crippen LogP contribution in [0, 0.1) is 0 Å². The first-order valence-electron chi connectivity index (χ1n) is 3.67. The molecule has 0 aromatic rings. The second kappa shape index (κ2) is 3.01. The summed E-state index contributed by atoms with van der Waals surface area (Å²) in [4.78, 5) is 0. The predicted molar refractivity (Wildman–Crippen MR) is 38.8 cm³/mol. The fourth-order valence-electron chi connectivity index (χ4n) is 0.719. The van der Waals surface area contributed by atoms with Gasteiger partial charge in [0.1, 0.15) is 0 Å². The minimum Gasteiger partial charge on any atom is -0.296 e. The van der Waals surface area contributed by atoms with Gasteiger partial charge in [0.15, 0.2) is 5.79 Å². The third-order valence-electron chi connectivity index (χ3n) is 2.06. The lowest BCUT2D eigenvalue weighted by Crippen LogP contribution is -2.65. The molecule has 14 heavy (non-hydrogen) atoms. The third kappa shape index (κ3) is 1.82. The molecular weight excluding hydrogens is 212 g/mol. The van der Waals surface area contributed by atoms with Crippen LogP contribution >= 0.6 is 0 Å². The summed E-state index contributed by atoms with van der Waals surface area (Å²) in [6.45, 7) is 0.0770. The molecule has 2 unspecified atom stereocenters. The number of nitrogens with two attached hydrogens (primary N) is 1.